The summed E-state index contributed by atoms with van der Waals surface area (Å²) in [4.78, 5) is 23.6. The molecule has 1 atom stereocenters. The number of urea groups is 1. The summed E-state index contributed by atoms with van der Waals surface area (Å²) in [5.74, 6) is -1.19. The average Bonchev–Trinajstić information content (AvgIpc) is 2.48. The molecular weight excluding hydrogens is 353 g/mol. The maximum absolute atomic E-state index is 13.0. The number of hydrogen-bond acceptors (Lipinski definition) is 6. The first-order chi connectivity index (χ1) is 11.4. The van der Waals surface area contributed by atoms with Gasteiger partial charge in [-0.1, -0.05) is 24.0 Å². The van der Waals surface area contributed by atoms with Gasteiger partial charge in [-0.3, -0.25) is 15.0 Å². The Morgan fingerprint density at radius 1 is 1.36 bits per heavy atom. The minimum absolute atomic E-state index is 0.0284. The predicted molar refractivity (Wildman–Crippen MR) is 92.2 cm³/mol. The van der Waals surface area contributed by atoms with E-state index in [4.69, 9.17) is 0 Å². The number of rotatable bonds is 9. The number of nitrogens with zero attached hydrogens (tertiary/aromatic N) is 1. The van der Waals surface area contributed by atoms with Gasteiger partial charge in [0.1, 0.15) is 5.76 Å². The second-order valence-electron chi connectivity index (χ2n) is 5.34. The number of likely N-dealkylation sites (N-methyl/N-ethyl adjacent to an activating group) is 1. The first-order valence-corrected chi connectivity index (χ1v) is 8.63. The SMILES string of the molecule is C=C(/C(=C\C(=C)N(C)C(=O)NC(C)=O)OS(=O)(=O)F)C(C)CCNC. The highest BCUT2D eigenvalue weighted by atomic mass is 32.3. The Hall–Kier alpha value is -2.20. The Balaban J connectivity index is 5.48. The van der Waals surface area contributed by atoms with Crippen LogP contribution < -0.4 is 10.6 Å². The van der Waals surface area contributed by atoms with E-state index in [1.807, 2.05) is 5.32 Å². The van der Waals surface area contributed by atoms with Gasteiger partial charge in [0.25, 0.3) is 0 Å². The number of halogens is 1. The largest absolute Gasteiger partial charge is 0.488 e. The van der Waals surface area contributed by atoms with Crippen molar-refractivity contribution in [1.29, 1.82) is 0 Å². The molecule has 0 saturated carbocycles. The monoisotopic (exact) mass is 377 g/mol. The zero-order valence-electron chi connectivity index (χ0n) is 14.8. The van der Waals surface area contributed by atoms with E-state index in [1.54, 1.807) is 14.0 Å². The molecular formula is C15H24FN3O5S. The molecule has 1 unspecified atom stereocenters. The normalized spacial score (nSPS) is 12.9. The second kappa shape index (κ2) is 9.94. The van der Waals surface area contributed by atoms with E-state index in [2.05, 4.69) is 22.7 Å². The Bertz CT molecular complexity index is 673. The molecule has 2 N–H and O–H groups in total. The second-order valence-corrected chi connectivity index (χ2v) is 6.29. The van der Waals surface area contributed by atoms with Crippen molar-refractivity contribution >= 4 is 22.4 Å². The Kier molecular flexibility index (Phi) is 9.07. The molecule has 0 fully saturated rings. The highest BCUT2D eigenvalue weighted by molar-refractivity contribution is 7.81. The number of carbonyl (C=O) groups excluding carboxylic acids is 2. The van der Waals surface area contributed by atoms with Gasteiger partial charge in [-0.25, -0.2) is 4.79 Å². The van der Waals surface area contributed by atoms with Crippen LogP contribution in [0.5, 0.6) is 0 Å². The highest BCUT2D eigenvalue weighted by Gasteiger charge is 2.21. The Labute approximate surface area is 147 Å². The third-order valence-corrected chi connectivity index (χ3v) is 3.62. The summed E-state index contributed by atoms with van der Waals surface area (Å²) in [6.07, 6.45) is 1.66. The number of hydrogen-bond donors (Lipinski definition) is 2. The first kappa shape index (κ1) is 22.8. The molecule has 0 aliphatic rings. The van der Waals surface area contributed by atoms with Crippen LogP contribution in [-0.2, 0) is 19.5 Å². The molecule has 0 aliphatic carbocycles. The summed E-state index contributed by atoms with van der Waals surface area (Å²) in [5.41, 5.74) is 0.192. The summed E-state index contributed by atoms with van der Waals surface area (Å²) in [5, 5.41) is 4.95. The van der Waals surface area contributed by atoms with Crippen molar-refractivity contribution < 1.29 is 26.1 Å². The lowest BCUT2D eigenvalue weighted by atomic mass is 9.97. The van der Waals surface area contributed by atoms with Crippen molar-refractivity contribution in [3.8, 4) is 0 Å². The van der Waals surface area contributed by atoms with Gasteiger partial charge in [0.15, 0.2) is 0 Å². The van der Waals surface area contributed by atoms with E-state index >= 15 is 0 Å². The fourth-order valence-electron chi connectivity index (χ4n) is 1.67. The van der Waals surface area contributed by atoms with E-state index in [0.29, 0.717) is 13.0 Å². The third kappa shape index (κ3) is 9.01. The van der Waals surface area contributed by atoms with Gasteiger partial charge in [-0.15, -0.1) is 0 Å². The number of nitrogens with one attached hydrogen (secondary N) is 2. The molecule has 25 heavy (non-hydrogen) atoms. The summed E-state index contributed by atoms with van der Waals surface area (Å²) in [6.45, 7) is 10.9. The molecule has 3 amide bonds. The van der Waals surface area contributed by atoms with Gasteiger partial charge >= 0.3 is 16.5 Å². The predicted octanol–water partition coefficient (Wildman–Crippen LogP) is 1.60. The van der Waals surface area contributed by atoms with E-state index in [0.717, 1.165) is 17.9 Å². The topological polar surface area (TPSA) is 105 Å². The molecule has 0 heterocycles. The fraction of sp³-hybridized carbons (Fsp3) is 0.467. The van der Waals surface area contributed by atoms with Crippen molar-refractivity contribution in [3.05, 3.63) is 36.3 Å². The number of allylic oxidation sites excluding steroid dienone is 2. The molecule has 0 rings (SSSR count). The van der Waals surface area contributed by atoms with Crippen molar-refractivity contribution in [3.63, 3.8) is 0 Å². The van der Waals surface area contributed by atoms with E-state index in [1.165, 1.54) is 7.05 Å². The maximum Gasteiger partial charge on any atom is 0.488 e. The lowest BCUT2D eigenvalue weighted by Gasteiger charge is -2.20. The van der Waals surface area contributed by atoms with E-state index in [9.17, 15) is 21.9 Å². The zero-order chi connectivity index (χ0) is 19.8. The minimum Gasteiger partial charge on any atom is -0.358 e. The van der Waals surface area contributed by atoms with Crippen molar-refractivity contribution in [2.45, 2.75) is 20.3 Å². The summed E-state index contributed by atoms with van der Waals surface area (Å²) >= 11 is 0. The summed E-state index contributed by atoms with van der Waals surface area (Å²) in [7, 11) is -2.25. The molecule has 0 saturated heterocycles. The molecule has 0 spiro atoms. The van der Waals surface area contributed by atoms with Crippen molar-refractivity contribution in [1.82, 2.24) is 15.5 Å². The van der Waals surface area contributed by atoms with Gasteiger partial charge in [0.2, 0.25) is 5.91 Å². The van der Waals surface area contributed by atoms with Crippen LogP contribution in [0.4, 0.5) is 8.68 Å². The van der Waals surface area contributed by atoms with E-state index < -0.39 is 22.4 Å². The van der Waals surface area contributed by atoms with Crippen LogP contribution in [0.15, 0.2) is 36.3 Å². The van der Waals surface area contributed by atoms with Crippen LogP contribution in [0, 0.1) is 5.92 Å². The maximum atomic E-state index is 13.0. The Morgan fingerprint density at radius 2 is 1.92 bits per heavy atom. The van der Waals surface area contributed by atoms with Gasteiger partial charge in [0.05, 0.1) is 0 Å². The minimum atomic E-state index is -5.29. The molecule has 8 nitrogen and oxygen atoms in total. The first-order valence-electron chi connectivity index (χ1n) is 7.32. The molecule has 0 bridgehead atoms. The Morgan fingerprint density at radius 3 is 2.36 bits per heavy atom. The molecule has 0 aliphatic heterocycles. The smallest absolute Gasteiger partial charge is 0.358 e. The van der Waals surface area contributed by atoms with Crippen LogP contribution in [0.25, 0.3) is 0 Å². The number of amides is 3. The lowest BCUT2D eigenvalue weighted by molar-refractivity contribution is -0.118. The quantitative estimate of drug-likeness (QED) is 0.359. The van der Waals surface area contributed by atoms with Crippen molar-refractivity contribution in [2.24, 2.45) is 5.92 Å². The van der Waals surface area contributed by atoms with Gasteiger partial charge in [-0.05, 0) is 31.5 Å². The summed E-state index contributed by atoms with van der Waals surface area (Å²) in [6, 6.07) is -0.787. The van der Waals surface area contributed by atoms with E-state index in [-0.39, 0.29) is 22.9 Å². The highest BCUT2D eigenvalue weighted by Crippen LogP contribution is 2.25. The van der Waals surface area contributed by atoms with Crippen LogP contribution in [0.3, 0.4) is 0 Å². The molecule has 10 heteroatoms. The van der Waals surface area contributed by atoms with Crippen molar-refractivity contribution in [2.75, 3.05) is 20.6 Å². The number of carbonyl (C=O) groups is 2. The summed E-state index contributed by atoms with van der Waals surface area (Å²) < 4.78 is 39.1. The molecule has 142 valence electrons. The molecule has 0 radical (unpaired) electrons. The van der Waals surface area contributed by atoms with Gasteiger partial charge in [0, 0.05) is 25.7 Å². The van der Waals surface area contributed by atoms with Gasteiger partial charge in [-0.2, -0.15) is 8.42 Å². The van der Waals surface area contributed by atoms with Crippen LogP contribution in [0.1, 0.15) is 20.3 Å². The zero-order valence-corrected chi connectivity index (χ0v) is 15.6. The average molecular weight is 377 g/mol. The number of imide groups is 1. The standard InChI is InChI=1S/C15H24FN3O5S/c1-10(7-8-17-5)12(3)14(24-25(16,22)23)9-11(2)19(6)15(21)18-13(4)20/h9-10,17H,2-3,7-8H2,1,4-6H3,(H,18,20,21)/b14-9+. The van der Waals surface area contributed by atoms with Crippen LogP contribution >= 0.6 is 0 Å². The van der Waals surface area contributed by atoms with Crippen LogP contribution in [-0.4, -0.2) is 45.9 Å². The van der Waals surface area contributed by atoms with Crippen LogP contribution in [0.2, 0.25) is 0 Å². The molecule has 0 aromatic heterocycles. The third-order valence-electron chi connectivity index (χ3n) is 3.24. The molecule has 0 aromatic rings. The molecule has 0 aromatic carbocycles. The van der Waals surface area contributed by atoms with Gasteiger partial charge < -0.3 is 9.50 Å². The lowest BCUT2D eigenvalue weighted by Crippen LogP contribution is -2.38. The fourth-order valence-corrected chi connectivity index (χ4v) is 2.04.